The zero-order chi connectivity index (χ0) is 11.8. The number of hydrogen-bond acceptors (Lipinski definition) is 1. The Hall–Kier alpha value is -0.820. The summed E-state index contributed by atoms with van der Waals surface area (Å²) in [5.74, 6) is 0. The lowest BCUT2D eigenvalue weighted by Crippen LogP contribution is -2.39. The predicted octanol–water partition coefficient (Wildman–Crippen LogP) is 3.54. The number of fused-ring (bicyclic) bond motifs is 1. The van der Waals surface area contributed by atoms with Gasteiger partial charge in [0.1, 0.15) is 0 Å². The van der Waals surface area contributed by atoms with Gasteiger partial charge < -0.3 is 0 Å². The maximum atomic E-state index is 2.55. The molecule has 0 bridgehead atoms. The third kappa shape index (κ3) is 1.89. The minimum Gasteiger partial charge on any atom is -0.296 e. The van der Waals surface area contributed by atoms with Gasteiger partial charge in [-0.3, -0.25) is 4.90 Å². The quantitative estimate of drug-likeness (QED) is 0.642. The number of rotatable bonds is 0. The van der Waals surface area contributed by atoms with Crippen molar-refractivity contribution in [2.75, 3.05) is 7.05 Å². The van der Waals surface area contributed by atoms with Crippen LogP contribution >= 0.6 is 0 Å². The van der Waals surface area contributed by atoms with Gasteiger partial charge in [0.15, 0.2) is 0 Å². The molecule has 1 heterocycles. The van der Waals surface area contributed by atoms with Gasteiger partial charge in [-0.1, -0.05) is 37.6 Å². The zero-order valence-electron chi connectivity index (χ0n) is 11.0. The lowest BCUT2D eigenvalue weighted by molar-refractivity contribution is 0.194. The van der Waals surface area contributed by atoms with E-state index >= 15 is 0 Å². The average Bonchev–Trinajstić information content (AvgIpc) is 3.05. The molecule has 88 valence electrons. The predicted molar refractivity (Wildman–Crippen MR) is 69.7 cm³/mol. The molecule has 1 fully saturated rings. The van der Waals surface area contributed by atoms with Crippen molar-refractivity contribution in [2.45, 2.75) is 52.1 Å². The van der Waals surface area contributed by atoms with Gasteiger partial charge >= 0.3 is 0 Å². The minimum absolute atomic E-state index is 0.556. The molecule has 3 rings (SSSR count). The van der Waals surface area contributed by atoms with E-state index in [0.717, 1.165) is 6.54 Å². The Bertz CT molecular complexity index is 377. The molecule has 0 atom stereocenters. The van der Waals surface area contributed by atoms with Crippen molar-refractivity contribution in [3.05, 3.63) is 34.9 Å². The second-order valence-electron chi connectivity index (χ2n) is 5.03. The molecule has 1 spiro atoms. The molecule has 1 aromatic rings. The monoisotopic (exact) mass is 217 g/mol. The fourth-order valence-corrected chi connectivity index (χ4v) is 2.69. The molecule has 16 heavy (non-hydrogen) atoms. The van der Waals surface area contributed by atoms with Crippen LogP contribution in [0, 0.1) is 6.92 Å². The first-order valence-electron chi connectivity index (χ1n) is 6.49. The highest BCUT2D eigenvalue weighted by Gasteiger charge is 2.48. The van der Waals surface area contributed by atoms with Crippen LogP contribution in [0.3, 0.4) is 0 Å². The number of benzene rings is 1. The van der Waals surface area contributed by atoms with Crippen molar-refractivity contribution in [1.29, 1.82) is 0 Å². The number of nitrogens with zero attached hydrogens (tertiary/aromatic N) is 1. The normalized spacial score (nSPS) is 21.0. The fraction of sp³-hybridized carbons (Fsp3) is 0.600. The summed E-state index contributed by atoms with van der Waals surface area (Å²) in [7, 11) is 2.27. The van der Waals surface area contributed by atoms with Gasteiger partial charge in [-0.05, 0) is 44.4 Å². The van der Waals surface area contributed by atoms with Crippen LogP contribution in [0.1, 0.15) is 43.4 Å². The molecule has 2 aliphatic rings. The first kappa shape index (κ1) is 11.7. The SMILES string of the molecule is CC.Cc1ccc2c(c1)CC1(CC1)N(C)C2. The molecular formula is C15H23N. The average molecular weight is 217 g/mol. The molecule has 0 amide bonds. The van der Waals surface area contributed by atoms with Gasteiger partial charge in [0.2, 0.25) is 0 Å². The van der Waals surface area contributed by atoms with E-state index in [1.54, 1.807) is 5.56 Å². The smallest absolute Gasteiger partial charge is 0.0251 e. The molecule has 1 heteroatoms. The molecule has 1 aromatic carbocycles. The lowest BCUT2D eigenvalue weighted by atomic mass is 9.91. The van der Waals surface area contributed by atoms with E-state index in [9.17, 15) is 0 Å². The summed E-state index contributed by atoms with van der Waals surface area (Å²) in [5, 5.41) is 0. The maximum absolute atomic E-state index is 2.55. The molecule has 1 aliphatic heterocycles. The highest BCUT2D eigenvalue weighted by atomic mass is 15.2. The Morgan fingerprint density at radius 2 is 1.81 bits per heavy atom. The van der Waals surface area contributed by atoms with Crippen LogP contribution in [0.2, 0.25) is 0 Å². The van der Waals surface area contributed by atoms with Gasteiger partial charge in [-0.15, -0.1) is 0 Å². The van der Waals surface area contributed by atoms with E-state index in [0.29, 0.717) is 5.54 Å². The van der Waals surface area contributed by atoms with E-state index < -0.39 is 0 Å². The van der Waals surface area contributed by atoms with Crippen molar-refractivity contribution in [3.63, 3.8) is 0 Å². The number of aryl methyl sites for hydroxylation is 1. The largest absolute Gasteiger partial charge is 0.296 e. The van der Waals surface area contributed by atoms with Gasteiger partial charge in [0.25, 0.3) is 0 Å². The molecule has 1 saturated carbocycles. The maximum Gasteiger partial charge on any atom is 0.0251 e. The van der Waals surface area contributed by atoms with Gasteiger partial charge in [-0.2, -0.15) is 0 Å². The summed E-state index contributed by atoms with van der Waals surface area (Å²) in [5.41, 5.74) is 5.10. The third-order valence-corrected chi connectivity index (χ3v) is 3.93. The van der Waals surface area contributed by atoms with Crippen LogP contribution in [0.4, 0.5) is 0 Å². The number of likely N-dealkylation sites (N-methyl/N-ethyl adjacent to an activating group) is 1. The van der Waals surface area contributed by atoms with E-state index in [2.05, 4.69) is 37.1 Å². The Balaban J connectivity index is 0.000000457. The Labute approximate surface area is 99.5 Å². The van der Waals surface area contributed by atoms with Gasteiger partial charge in [0, 0.05) is 12.1 Å². The van der Waals surface area contributed by atoms with Crippen molar-refractivity contribution >= 4 is 0 Å². The van der Waals surface area contributed by atoms with Crippen LogP contribution in [-0.2, 0) is 13.0 Å². The number of hydrogen-bond donors (Lipinski definition) is 0. The van der Waals surface area contributed by atoms with Crippen molar-refractivity contribution in [2.24, 2.45) is 0 Å². The van der Waals surface area contributed by atoms with Crippen molar-refractivity contribution in [3.8, 4) is 0 Å². The van der Waals surface area contributed by atoms with Crippen LogP contribution in [0.25, 0.3) is 0 Å². The van der Waals surface area contributed by atoms with E-state index in [1.807, 2.05) is 13.8 Å². The van der Waals surface area contributed by atoms with Crippen molar-refractivity contribution in [1.82, 2.24) is 4.90 Å². The van der Waals surface area contributed by atoms with E-state index in [4.69, 9.17) is 0 Å². The van der Waals surface area contributed by atoms with Crippen LogP contribution in [-0.4, -0.2) is 17.5 Å². The summed E-state index contributed by atoms with van der Waals surface area (Å²) < 4.78 is 0. The molecular weight excluding hydrogens is 194 g/mol. The molecule has 0 N–H and O–H groups in total. The van der Waals surface area contributed by atoms with Gasteiger partial charge in [0.05, 0.1) is 0 Å². The highest BCUT2D eigenvalue weighted by molar-refractivity contribution is 5.36. The minimum atomic E-state index is 0.556. The standard InChI is InChI=1S/C13H17N.C2H6/c1-10-3-4-11-9-14(2)13(5-6-13)8-12(11)7-10;1-2/h3-4,7H,5-6,8-9H2,1-2H3;1-2H3. The summed E-state index contributed by atoms with van der Waals surface area (Å²) in [4.78, 5) is 2.55. The molecule has 1 nitrogen and oxygen atoms in total. The fourth-order valence-electron chi connectivity index (χ4n) is 2.69. The second kappa shape index (κ2) is 4.21. The van der Waals surface area contributed by atoms with Crippen molar-refractivity contribution < 1.29 is 0 Å². The Morgan fingerprint density at radius 3 is 2.44 bits per heavy atom. The molecule has 0 radical (unpaired) electrons. The molecule has 0 saturated heterocycles. The Kier molecular flexibility index (Phi) is 3.07. The zero-order valence-corrected chi connectivity index (χ0v) is 11.0. The first-order chi connectivity index (χ1) is 7.70. The molecule has 0 unspecified atom stereocenters. The van der Waals surface area contributed by atoms with E-state index in [1.165, 1.54) is 30.4 Å². The summed E-state index contributed by atoms with van der Waals surface area (Å²) in [6, 6.07) is 6.91. The second-order valence-corrected chi connectivity index (χ2v) is 5.03. The topological polar surface area (TPSA) is 3.24 Å². The van der Waals surface area contributed by atoms with E-state index in [-0.39, 0.29) is 0 Å². The summed E-state index contributed by atoms with van der Waals surface area (Å²) in [6.45, 7) is 7.34. The Morgan fingerprint density at radius 1 is 1.12 bits per heavy atom. The summed E-state index contributed by atoms with van der Waals surface area (Å²) in [6.07, 6.45) is 4.08. The molecule has 0 aromatic heterocycles. The summed E-state index contributed by atoms with van der Waals surface area (Å²) >= 11 is 0. The van der Waals surface area contributed by atoms with Crippen LogP contribution in [0.5, 0.6) is 0 Å². The lowest BCUT2D eigenvalue weighted by Gasteiger charge is -2.34. The first-order valence-corrected chi connectivity index (χ1v) is 6.49. The molecule has 1 aliphatic carbocycles. The third-order valence-electron chi connectivity index (χ3n) is 3.93. The van der Waals surface area contributed by atoms with Crippen LogP contribution < -0.4 is 0 Å². The van der Waals surface area contributed by atoms with Crippen LogP contribution in [0.15, 0.2) is 18.2 Å². The van der Waals surface area contributed by atoms with Gasteiger partial charge in [-0.25, -0.2) is 0 Å². The highest BCUT2D eigenvalue weighted by Crippen LogP contribution is 2.47.